The van der Waals surface area contributed by atoms with Gasteiger partial charge in [-0.25, -0.2) is 4.98 Å². The van der Waals surface area contributed by atoms with Gasteiger partial charge in [0, 0.05) is 16.8 Å². The number of aromatic nitrogens is 1. The molecule has 1 amide bonds. The molecule has 5 heteroatoms. The van der Waals surface area contributed by atoms with Crippen LogP contribution in [0, 0.1) is 13.8 Å². The molecule has 0 atom stereocenters. The van der Waals surface area contributed by atoms with Crippen molar-refractivity contribution in [2.45, 2.75) is 30.4 Å². The van der Waals surface area contributed by atoms with Crippen molar-refractivity contribution in [1.82, 2.24) is 4.98 Å². The van der Waals surface area contributed by atoms with Crippen LogP contribution in [0.4, 0.5) is 5.69 Å². The minimum atomic E-state index is -0.0327. The van der Waals surface area contributed by atoms with E-state index in [1.54, 1.807) is 23.1 Å². The average Bonchev–Trinajstić information content (AvgIpc) is 3.04. The van der Waals surface area contributed by atoms with E-state index < -0.39 is 0 Å². The third kappa shape index (κ3) is 5.18. The highest BCUT2D eigenvalue weighted by Crippen LogP contribution is 2.26. The first-order valence-electron chi connectivity index (χ1n) is 8.08. The molecule has 0 saturated carbocycles. The van der Waals surface area contributed by atoms with Crippen LogP contribution in [0.25, 0.3) is 0 Å². The molecule has 3 nitrogen and oxygen atoms in total. The van der Waals surface area contributed by atoms with Crippen molar-refractivity contribution in [2.75, 3.05) is 5.32 Å². The lowest BCUT2D eigenvalue weighted by Gasteiger charge is -2.06. The Morgan fingerprint density at radius 2 is 1.88 bits per heavy atom. The molecule has 128 valence electrons. The summed E-state index contributed by atoms with van der Waals surface area (Å²) in [6.07, 6.45) is 0.302. The van der Waals surface area contributed by atoms with Crippen molar-refractivity contribution in [1.29, 1.82) is 0 Å². The topological polar surface area (TPSA) is 42.0 Å². The maximum atomic E-state index is 12.2. The summed E-state index contributed by atoms with van der Waals surface area (Å²) in [5.74, 6) is 0.859. The van der Waals surface area contributed by atoms with E-state index in [-0.39, 0.29) is 5.91 Å². The van der Waals surface area contributed by atoms with Crippen molar-refractivity contribution >= 4 is 34.7 Å². The zero-order valence-electron chi connectivity index (χ0n) is 14.3. The second kappa shape index (κ2) is 8.32. The fourth-order valence-electron chi connectivity index (χ4n) is 2.34. The fourth-order valence-corrected chi connectivity index (χ4v) is 4.14. The van der Waals surface area contributed by atoms with Gasteiger partial charge in [-0.2, -0.15) is 0 Å². The van der Waals surface area contributed by atoms with E-state index in [1.807, 2.05) is 36.6 Å². The van der Waals surface area contributed by atoms with Gasteiger partial charge >= 0.3 is 0 Å². The summed E-state index contributed by atoms with van der Waals surface area (Å²) in [5.41, 5.74) is 5.29. The molecule has 0 radical (unpaired) electrons. The number of benzene rings is 2. The zero-order valence-corrected chi connectivity index (χ0v) is 15.9. The standard InChI is InChI=1S/C20H20N2OS2/c1-14-7-9-16(10-8-14)12-24-20-21-17(13-25-20)11-19(23)22-18-6-4-3-5-15(18)2/h3-10,13H,11-12H2,1-2H3,(H,22,23). The summed E-state index contributed by atoms with van der Waals surface area (Å²) < 4.78 is 0.999. The number of thiazole rings is 1. The molecule has 0 saturated heterocycles. The number of hydrogen-bond acceptors (Lipinski definition) is 4. The summed E-state index contributed by atoms with van der Waals surface area (Å²) in [5, 5.41) is 4.92. The molecule has 0 aliphatic carbocycles. The zero-order chi connectivity index (χ0) is 17.6. The predicted molar refractivity (Wildman–Crippen MR) is 106 cm³/mol. The minimum absolute atomic E-state index is 0.0327. The van der Waals surface area contributed by atoms with E-state index in [1.165, 1.54) is 11.1 Å². The molecule has 0 bridgehead atoms. The highest BCUT2D eigenvalue weighted by molar-refractivity contribution is 8.00. The smallest absolute Gasteiger partial charge is 0.230 e. The van der Waals surface area contributed by atoms with Gasteiger partial charge in [0.15, 0.2) is 0 Å². The fraction of sp³-hybridized carbons (Fsp3) is 0.200. The molecule has 1 N–H and O–H groups in total. The first-order chi connectivity index (χ1) is 12.1. The molecule has 3 aromatic rings. The molecule has 2 aromatic carbocycles. The summed E-state index contributed by atoms with van der Waals surface area (Å²) >= 11 is 3.30. The van der Waals surface area contributed by atoms with Crippen LogP contribution in [0.3, 0.4) is 0 Å². The third-order valence-corrected chi connectivity index (χ3v) is 5.92. The molecule has 0 fully saturated rings. The summed E-state index contributed by atoms with van der Waals surface area (Å²) in [6.45, 7) is 4.07. The summed E-state index contributed by atoms with van der Waals surface area (Å²) in [4.78, 5) is 16.8. The van der Waals surface area contributed by atoms with Crippen LogP contribution in [0.5, 0.6) is 0 Å². The molecule has 25 heavy (non-hydrogen) atoms. The van der Waals surface area contributed by atoms with Gasteiger partial charge in [0.05, 0.1) is 12.1 Å². The Morgan fingerprint density at radius 1 is 1.12 bits per heavy atom. The van der Waals surface area contributed by atoms with Crippen molar-refractivity contribution in [3.8, 4) is 0 Å². The first-order valence-corrected chi connectivity index (χ1v) is 9.95. The quantitative estimate of drug-likeness (QED) is 0.606. The van der Waals surface area contributed by atoms with Crippen molar-refractivity contribution in [3.63, 3.8) is 0 Å². The first kappa shape index (κ1) is 17.7. The molecule has 0 spiro atoms. The van der Waals surface area contributed by atoms with Crippen molar-refractivity contribution < 1.29 is 4.79 Å². The molecule has 1 heterocycles. The second-order valence-corrected chi connectivity index (χ2v) is 8.00. The lowest BCUT2D eigenvalue weighted by Crippen LogP contribution is -2.15. The van der Waals surface area contributed by atoms with E-state index >= 15 is 0 Å². The van der Waals surface area contributed by atoms with Crippen molar-refractivity contribution in [3.05, 3.63) is 76.3 Å². The molecule has 1 aromatic heterocycles. The van der Waals surface area contributed by atoms with E-state index in [0.717, 1.165) is 27.0 Å². The van der Waals surface area contributed by atoms with Crippen LogP contribution in [-0.2, 0) is 17.0 Å². The SMILES string of the molecule is Cc1ccc(CSc2nc(CC(=O)Nc3ccccc3C)cs2)cc1. The van der Waals surface area contributed by atoms with Crippen LogP contribution in [0.2, 0.25) is 0 Å². The monoisotopic (exact) mass is 368 g/mol. The maximum Gasteiger partial charge on any atom is 0.230 e. The van der Waals surface area contributed by atoms with Crippen LogP contribution in [0.15, 0.2) is 58.3 Å². The van der Waals surface area contributed by atoms with E-state index in [2.05, 4.69) is 41.5 Å². The lowest BCUT2D eigenvalue weighted by atomic mass is 10.2. The Morgan fingerprint density at radius 3 is 2.64 bits per heavy atom. The molecule has 0 unspecified atom stereocenters. The third-order valence-electron chi connectivity index (χ3n) is 3.77. The number of nitrogens with one attached hydrogen (secondary N) is 1. The number of aryl methyl sites for hydroxylation is 2. The molecule has 3 rings (SSSR count). The number of amides is 1. The van der Waals surface area contributed by atoms with Gasteiger partial charge in [-0.3, -0.25) is 4.79 Å². The molecule has 0 aliphatic rings. The minimum Gasteiger partial charge on any atom is -0.326 e. The van der Waals surface area contributed by atoms with Gasteiger partial charge in [0.2, 0.25) is 5.91 Å². The number of carbonyl (C=O) groups is 1. The number of para-hydroxylation sites is 1. The van der Waals surface area contributed by atoms with Crippen molar-refractivity contribution in [2.24, 2.45) is 0 Å². The lowest BCUT2D eigenvalue weighted by molar-refractivity contribution is -0.115. The van der Waals surface area contributed by atoms with Gasteiger partial charge in [0.1, 0.15) is 4.34 Å². The number of rotatable bonds is 6. The number of nitrogens with zero attached hydrogens (tertiary/aromatic N) is 1. The summed E-state index contributed by atoms with van der Waals surface area (Å²) in [6, 6.07) is 16.3. The van der Waals surface area contributed by atoms with Crippen LogP contribution in [0.1, 0.15) is 22.4 Å². The second-order valence-electron chi connectivity index (χ2n) is 5.92. The van der Waals surface area contributed by atoms with Gasteiger partial charge in [-0.15, -0.1) is 11.3 Å². The number of thioether (sulfide) groups is 1. The number of hydrogen-bond donors (Lipinski definition) is 1. The van der Waals surface area contributed by atoms with Gasteiger partial charge in [-0.05, 0) is 31.0 Å². The van der Waals surface area contributed by atoms with Gasteiger partial charge in [0.25, 0.3) is 0 Å². The molecular formula is C20H20N2OS2. The van der Waals surface area contributed by atoms with Crippen LogP contribution in [-0.4, -0.2) is 10.9 Å². The van der Waals surface area contributed by atoms with Gasteiger partial charge in [-0.1, -0.05) is 59.8 Å². The van der Waals surface area contributed by atoms with E-state index in [9.17, 15) is 4.79 Å². The number of anilines is 1. The summed E-state index contributed by atoms with van der Waals surface area (Å²) in [7, 11) is 0. The Bertz CT molecular complexity index is 856. The Labute approximate surface area is 156 Å². The van der Waals surface area contributed by atoms with E-state index in [4.69, 9.17) is 0 Å². The Hall–Kier alpha value is -2.11. The maximum absolute atomic E-state index is 12.2. The Balaban J connectivity index is 1.53. The van der Waals surface area contributed by atoms with E-state index in [0.29, 0.717) is 6.42 Å². The van der Waals surface area contributed by atoms with Gasteiger partial charge < -0.3 is 5.32 Å². The highest BCUT2D eigenvalue weighted by Gasteiger charge is 2.09. The molecule has 0 aliphatic heterocycles. The largest absolute Gasteiger partial charge is 0.326 e. The average molecular weight is 369 g/mol. The van der Waals surface area contributed by atoms with Crippen LogP contribution >= 0.6 is 23.1 Å². The molecular weight excluding hydrogens is 348 g/mol. The number of carbonyl (C=O) groups excluding carboxylic acids is 1. The normalized spacial score (nSPS) is 10.6. The Kier molecular flexibility index (Phi) is 5.89. The predicted octanol–water partition coefficient (Wildman–Crippen LogP) is 5.23. The van der Waals surface area contributed by atoms with Crippen LogP contribution < -0.4 is 5.32 Å². The highest BCUT2D eigenvalue weighted by atomic mass is 32.2.